The quantitative estimate of drug-likeness (QED) is 0.770. The first-order valence-electron chi connectivity index (χ1n) is 12.2. The number of carbonyl (C=O) groups excluding carboxylic acids is 2. The number of amides is 3. The number of carbonyl (C=O) groups is 2. The molecule has 170 valence electrons. The molecule has 1 aliphatic carbocycles. The van der Waals surface area contributed by atoms with Crippen LogP contribution in [0.1, 0.15) is 63.9 Å². The van der Waals surface area contributed by atoms with Crippen LogP contribution in [0.3, 0.4) is 0 Å². The Hall–Kier alpha value is -2.08. The molecule has 2 heterocycles. The largest absolute Gasteiger partial charge is 0.341 e. The summed E-state index contributed by atoms with van der Waals surface area (Å²) in [6, 6.07) is 8.08. The third-order valence-electron chi connectivity index (χ3n) is 7.34. The highest BCUT2D eigenvalue weighted by Crippen LogP contribution is 2.32. The highest BCUT2D eigenvalue weighted by molar-refractivity contribution is 5.89. The van der Waals surface area contributed by atoms with Gasteiger partial charge in [0.15, 0.2) is 0 Å². The molecule has 2 saturated heterocycles. The Balaban J connectivity index is 1.34. The van der Waals surface area contributed by atoms with Crippen molar-refractivity contribution in [1.29, 1.82) is 0 Å². The van der Waals surface area contributed by atoms with Gasteiger partial charge in [0.2, 0.25) is 5.91 Å². The third kappa shape index (κ3) is 5.22. The predicted molar refractivity (Wildman–Crippen MR) is 124 cm³/mol. The number of nitrogens with zero attached hydrogens (tertiary/aromatic N) is 3. The smallest absolute Gasteiger partial charge is 0.321 e. The number of benzene rings is 1. The molecule has 0 spiro atoms. The molecule has 3 aliphatic rings. The first-order chi connectivity index (χ1) is 15.0. The van der Waals surface area contributed by atoms with Crippen molar-refractivity contribution in [2.24, 2.45) is 5.92 Å². The molecule has 1 N–H and O–H groups in total. The Morgan fingerprint density at radius 2 is 1.45 bits per heavy atom. The number of nitrogens with one attached hydrogen (secondary N) is 1. The molecule has 31 heavy (non-hydrogen) atoms. The molecule has 0 bridgehead atoms. The van der Waals surface area contributed by atoms with E-state index in [1.165, 1.54) is 18.4 Å². The lowest BCUT2D eigenvalue weighted by Gasteiger charge is -2.41. The summed E-state index contributed by atoms with van der Waals surface area (Å²) in [5, 5.41) is 3.04. The maximum atomic E-state index is 13.4. The Kier molecular flexibility index (Phi) is 7.16. The lowest BCUT2D eigenvalue weighted by atomic mass is 9.94. The molecule has 0 aromatic heterocycles. The van der Waals surface area contributed by atoms with Crippen molar-refractivity contribution < 1.29 is 9.59 Å². The van der Waals surface area contributed by atoms with Crippen molar-refractivity contribution in [2.45, 2.75) is 64.3 Å². The number of rotatable bonds is 5. The maximum Gasteiger partial charge on any atom is 0.321 e. The van der Waals surface area contributed by atoms with Crippen molar-refractivity contribution in [3.05, 3.63) is 29.8 Å². The van der Waals surface area contributed by atoms with Crippen LogP contribution in [0.25, 0.3) is 0 Å². The van der Waals surface area contributed by atoms with Gasteiger partial charge >= 0.3 is 6.03 Å². The van der Waals surface area contributed by atoms with Gasteiger partial charge in [0, 0.05) is 45.0 Å². The topological polar surface area (TPSA) is 55.9 Å². The fourth-order valence-electron chi connectivity index (χ4n) is 5.41. The molecule has 1 saturated carbocycles. The second kappa shape index (κ2) is 10.0. The minimum atomic E-state index is -0.0415. The number of hydrogen-bond acceptors (Lipinski definition) is 3. The highest BCUT2D eigenvalue weighted by atomic mass is 16.2. The Bertz CT molecular complexity index is 743. The standard InChI is InChI=1S/C25H38N4O2/c1-19(2)20-9-11-22(12-10-20)26-25(31)29-17-15-27(16-18-29)23(21-7-3-4-8-21)24(30)28-13-5-6-14-28/h9-12,19,21,23H,3-8,13-18H2,1-2H3,(H,26,31)/t23-/m0/s1. The molecule has 1 aromatic rings. The third-order valence-corrected chi connectivity index (χ3v) is 7.34. The summed E-state index contributed by atoms with van der Waals surface area (Å²) in [6.45, 7) is 9.07. The van der Waals surface area contributed by atoms with E-state index >= 15 is 0 Å². The van der Waals surface area contributed by atoms with Gasteiger partial charge in [-0.25, -0.2) is 4.79 Å². The SMILES string of the molecule is CC(C)c1ccc(NC(=O)N2CCN([C@H](C(=O)N3CCCC3)C3CCCC3)CC2)cc1. The van der Waals surface area contributed by atoms with Gasteiger partial charge in [-0.1, -0.05) is 38.8 Å². The van der Waals surface area contributed by atoms with Crippen LogP contribution in [0.5, 0.6) is 0 Å². The Labute approximate surface area is 187 Å². The molecule has 4 rings (SSSR count). The molecule has 6 nitrogen and oxygen atoms in total. The molecule has 2 aliphatic heterocycles. The fourth-order valence-corrected chi connectivity index (χ4v) is 5.41. The lowest BCUT2D eigenvalue weighted by molar-refractivity contribution is -0.138. The minimum Gasteiger partial charge on any atom is -0.341 e. The molecule has 0 unspecified atom stereocenters. The van der Waals surface area contributed by atoms with Crippen LogP contribution in [0, 0.1) is 5.92 Å². The van der Waals surface area contributed by atoms with Crippen LogP contribution in [0.2, 0.25) is 0 Å². The van der Waals surface area contributed by atoms with Crippen LogP contribution in [-0.4, -0.2) is 71.9 Å². The van der Waals surface area contributed by atoms with E-state index in [-0.39, 0.29) is 12.1 Å². The first-order valence-corrected chi connectivity index (χ1v) is 12.2. The summed E-state index contributed by atoms with van der Waals surface area (Å²) >= 11 is 0. The molecular weight excluding hydrogens is 388 g/mol. The van der Waals surface area contributed by atoms with Crippen molar-refractivity contribution in [3.63, 3.8) is 0 Å². The van der Waals surface area contributed by atoms with Crippen molar-refractivity contribution in [1.82, 2.24) is 14.7 Å². The van der Waals surface area contributed by atoms with E-state index in [1.54, 1.807) is 0 Å². The minimum absolute atomic E-state index is 0.00869. The van der Waals surface area contributed by atoms with Crippen molar-refractivity contribution >= 4 is 17.6 Å². The molecule has 1 aromatic carbocycles. The fraction of sp³-hybridized carbons (Fsp3) is 0.680. The van der Waals surface area contributed by atoms with Crippen molar-refractivity contribution in [2.75, 3.05) is 44.6 Å². The average Bonchev–Trinajstić information content (AvgIpc) is 3.49. The normalized spacial score (nSPS) is 21.6. The number of urea groups is 1. The van der Waals surface area contributed by atoms with E-state index in [1.807, 2.05) is 17.0 Å². The summed E-state index contributed by atoms with van der Waals surface area (Å²) in [5.41, 5.74) is 2.11. The first kappa shape index (κ1) is 22.1. The van der Waals surface area contributed by atoms with Gasteiger partial charge in [-0.05, 0) is 55.2 Å². The van der Waals surface area contributed by atoms with Crippen LogP contribution in [-0.2, 0) is 4.79 Å². The van der Waals surface area contributed by atoms with E-state index in [2.05, 4.69) is 41.1 Å². The summed E-state index contributed by atoms with van der Waals surface area (Å²) in [4.78, 5) is 32.5. The summed E-state index contributed by atoms with van der Waals surface area (Å²) in [6.07, 6.45) is 7.08. The van der Waals surface area contributed by atoms with Gasteiger partial charge < -0.3 is 15.1 Å². The summed E-state index contributed by atoms with van der Waals surface area (Å²) in [5.74, 6) is 1.30. The van der Waals surface area contributed by atoms with Crippen LogP contribution in [0.15, 0.2) is 24.3 Å². The average molecular weight is 427 g/mol. The number of piperazine rings is 1. The van der Waals surface area contributed by atoms with Gasteiger partial charge in [0.05, 0.1) is 6.04 Å². The lowest BCUT2D eigenvalue weighted by Crippen LogP contribution is -2.58. The van der Waals surface area contributed by atoms with E-state index in [9.17, 15) is 9.59 Å². The molecular formula is C25H38N4O2. The van der Waals surface area contributed by atoms with E-state index < -0.39 is 0 Å². The van der Waals surface area contributed by atoms with E-state index in [4.69, 9.17) is 0 Å². The zero-order valence-corrected chi connectivity index (χ0v) is 19.2. The number of hydrogen-bond donors (Lipinski definition) is 1. The zero-order valence-electron chi connectivity index (χ0n) is 19.2. The second-order valence-corrected chi connectivity index (χ2v) is 9.75. The number of anilines is 1. The maximum absolute atomic E-state index is 13.4. The van der Waals surface area contributed by atoms with Gasteiger partial charge in [0.1, 0.15) is 0 Å². The Morgan fingerprint density at radius 3 is 2.03 bits per heavy atom. The van der Waals surface area contributed by atoms with E-state index in [0.29, 0.717) is 30.8 Å². The van der Waals surface area contributed by atoms with Gasteiger partial charge in [-0.15, -0.1) is 0 Å². The van der Waals surface area contributed by atoms with Gasteiger partial charge in [-0.3, -0.25) is 9.69 Å². The molecule has 3 amide bonds. The second-order valence-electron chi connectivity index (χ2n) is 9.75. The summed E-state index contributed by atoms with van der Waals surface area (Å²) in [7, 11) is 0. The van der Waals surface area contributed by atoms with Crippen LogP contribution >= 0.6 is 0 Å². The monoisotopic (exact) mass is 426 g/mol. The highest BCUT2D eigenvalue weighted by Gasteiger charge is 2.39. The summed E-state index contributed by atoms with van der Waals surface area (Å²) < 4.78 is 0. The Morgan fingerprint density at radius 1 is 0.839 bits per heavy atom. The van der Waals surface area contributed by atoms with Gasteiger partial charge in [-0.2, -0.15) is 0 Å². The molecule has 6 heteroatoms. The molecule has 1 atom stereocenters. The molecule has 0 radical (unpaired) electrons. The predicted octanol–water partition coefficient (Wildman–Crippen LogP) is 4.14. The zero-order chi connectivity index (χ0) is 21.8. The number of likely N-dealkylation sites (tertiary alicyclic amines) is 1. The van der Waals surface area contributed by atoms with Crippen molar-refractivity contribution in [3.8, 4) is 0 Å². The van der Waals surface area contributed by atoms with E-state index in [0.717, 1.165) is 57.5 Å². The molecule has 3 fully saturated rings. The van der Waals surface area contributed by atoms with Gasteiger partial charge in [0.25, 0.3) is 0 Å². The van der Waals surface area contributed by atoms with Crippen LogP contribution < -0.4 is 5.32 Å². The van der Waals surface area contributed by atoms with Crippen LogP contribution in [0.4, 0.5) is 10.5 Å².